The fourth-order valence-electron chi connectivity index (χ4n) is 2.23. The van der Waals surface area contributed by atoms with Gasteiger partial charge in [0.15, 0.2) is 0 Å². The molecule has 0 amide bonds. The van der Waals surface area contributed by atoms with E-state index in [1.54, 1.807) is 17.8 Å². The minimum atomic E-state index is -0.797. The number of aromatic nitrogens is 3. The Morgan fingerprint density at radius 3 is 2.79 bits per heavy atom. The number of aliphatic carboxylic acids is 1. The molecule has 0 spiro atoms. The van der Waals surface area contributed by atoms with Crippen molar-refractivity contribution >= 4 is 5.97 Å². The molecule has 0 fully saturated rings. The number of alkyl halides is 1. The van der Waals surface area contributed by atoms with Crippen LogP contribution in [-0.2, 0) is 24.2 Å². The number of halogens is 1. The molecule has 1 aromatic carbocycles. The molecule has 1 atom stereocenters. The Bertz CT molecular complexity index is 643. The molecule has 7 heteroatoms. The molecular formula is C17H22FN3O3. The monoisotopic (exact) mass is 335 g/mol. The number of benzene rings is 1. The summed E-state index contributed by atoms with van der Waals surface area (Å²) in [5.74, 6) is -0.482. The standard InChI is InChI=1S/C17H22FN3O3/c1-13(17(22)23)11-14-4-6-16(7-5-14)24-10-9-21-12-15(19-20-21)3-2-8-18/h4-7,12-13H,2-3,8-11H2,1H3,(H,22,23). The topological polar surface area (TPSA) is 77.2 Å². The average Bonchev–Trinajstić information content (AvgIpc) is 3.02. The van der Waals surface area contributed by atoms with E-state index in [-0.39, 0.29) is 6.67 Å². The van der Waals surface area contributed by atoms with Crippen LogP contribution in [0.2, 0.25) is 0 Å². The van der Waals surface area contributed by atoms with Crippen molar-refractivity contribution in [2.24, 2.45) is 5.92 Å². The van der Waals surface area contributed by atoms with Gasteiger partial charge in [-0.05, 0) is 37.0 Å². The Balaban J connectivity index is 1.76. The van der Waals surface area contributed by atoms with Crippen molar-refractivity contribution in [3.63, 3.8) is 0 Å². The second kappa shape index (κ2) is 9.00. The summed E-state index contributed by atoms with van der Waals surface area (Å²) in [6, 6.07) is 7.41. The van der Waals surface area contributed by atoms with Gasteiger partial charge in [-0.1, -0.05) is 24.3 Å². The largest absolute Gasteiger partial charge is 0.492 e. The number of hydrogen-bond donors (Lipinski definition) is 1. The van der Waals surface area contributed by atoms with Gasteiger partial charge in [-0.25, -0.2) is 4.68 Å². The van der Waals surface area contributed by atoms with Crippen molar-refractivity contribution in [2.75, 3.05) is 13.3 Å². The zero-order valence-corrected chi connectivity index (χ0v) is 13.7. The molecule has 2 aromatic rings. The number of rotatable bonds is 10. The van der Waals surface area contributed by atoms with Crippen molar-refractivity contribution in [1.82, 2.24) is 15.0 Å². The quantitative estimate of drug-likeness (QED) is 0.722. The van der Waals surface area contributed by atoms with Gasteiger partial charge in [0.25, 0.3) is 0 Å². The molecule has 1 aromatic heterocycles. The Morgan fingerprint density at radius 2 is 2.12 bits per heavy atom. The Kier molecular flexibility index (Phi) is 6.72. The van der Waals surface area contributed by atoms with Gasteiger partial charge in [0.2, 0.25) is 0 Å². The number of carboxylic acids is 1. The van der Waals surface area contributed by atoms with Crippen LogP contribution in [0.5, 0.6) is 5.75 Å². The molecule has 0 saturated carbocycles. The molecule has 6 nitrogen and oxygen atoms in total. The lowest BCUT2D eigenvalue weighted by Crippen LogP contribution is -2.12. The van der Waals surface area contributed by atoms with E-state index in [0.29, 0.717) is 32.4 Å². The number of hydrogen-bond acceptors (Lipinski definition) is 4. The maximum Gasteiger partial charge on any atom is 0.306 e. The zero-order valence-electron chi connectivity index (χ0n) is 13.7. The molecule has 0 bridgehead atoms. The first-order valence-electron chi connectivity index (χ1n) is 7.98. The lowest BCUT2D eigenvalue weighted by Gasteiger charge is -2.09. The molecule has 1 unspecified atom stereocenters. The van der Waals surface area contributed by atoms with E-state index in [1.165, 1.54) is 0 Å². The number of ether oxygens (including phenoxy) is 1. The van der Waals surface area contributed by atoms with Gasteiger partial charge < -0.3 is 9.84 Å². The van der Waals surface area contributed by atoms with Crippen LogP contribution in [0.25, 0.3) is 0 Å². The fourth-order valence-corrected chi connectivity index (χ4v) is 2.23. The molecule has 0 aliphatic carbocycles. The molecule has 2 rings (SSSR count). The van der Waals surface area contributed by atoms with Gasteiger partial charge in [-0.15, -0.1) is 5.10 Å². The van der Waals surface area contributed by atoms with Gasteiger partial charge in [-0.2, -0.15) is 0 Å². The van der Waals surface area contributed by atoms with Gasteiger partial charge >= 0.3 is 5.97 Å². The van der Waals surface area contributed by atoms with Crippen molar-refractivity contribution in [2.45, 2.75) is 32.7 Å². The van der Waals surface area contributed by atoms with E-state index >= 15 is 0 Å². The van der Waals surface area contributed by atoms with Crippen molar-refractivity contribution in [1.29, 1.82) is 0 Å². The minimum absolute atomic E-state index is 0.350. The molecule has 0 aliphatic heterocycles. The van der Waals surface area contributed by atoms with Crippen molar-refractivity contribution < 1.29 is 19.0 Å². The first-order valence-corrected chi connectivity index (χ1v) is 7.98. The predicted octanol–water partition coefficient (Wildman–Crippen LogP) is 2.52. The summed E-state index contributed by atoms with van der Waals surface area (Å²) in [4.78, 5) is 10.8. The van der Waals surface area contributed by atoms with Crippen LogP contribution >= 0.6 is 0 Å². The number of carbonyl (C=O) groups is 1. The minimum Gasteiger partial charge on any atom is -0.492 e. The van der Waals surface area contributed by atoms with Gasteiger partial charge in [0.1, 0.15) is 12.4 Å². The van der Waals surface area contributed by atoms with Crippen LogP contribution in [0, 0.1) is 5.92 Å². The van der Waals surface area contributed by atoms with Crippen LogP contribution in [0.15, 0.2) is 30.5 Å². The highest BCUT2D eigenvalue weighted by atomic mass is 19.1. The highest BCUT2D eigenvalue weighted by molar-refractivity contribution is 5.69. The van der Waals surface area contributed by atoms with E-state index in [1.807, 2.05) is 24.3 Å². The molecule has 1 heterocycles. The van der Waals surface area contributed by atoms with Crippen LogP contribution in [0.3, 0.4) is 0 Å². The summed E-state index contributed by atoms with van der Waals surface area (Å²) in [6.07, 6.45) is 3.35. The number of nitrogens with zero attached hydrogens (tertiary/aromatic N) is 3. The van der Waals surface area contributed by atoms with Crippen molar-refractivity contribution in [3.05, 3.63) is 41.7 Å². The molecule has 0 saturated heterocycles. The third-order valence-corrected chi connectivity index (χ3v) is 3.63. The highest BCUT2D eigenvalue weighted by Crippen LogP contribution is 2.15. The molecule has 0 aliphatic rings. The summed E-state index contributed by atoms with van der Waals surface area (Å²) in [5.41, 5.74) is 1.75. The lowest BCUT2D eigenvalue weighted by atomic mass is 10.0. The smallest absolute Gasteiger partial charge is 0.306 e. The Labute approximate surface area is 140 Å². The lowest BCUT2D eigenvalue weighted by molar-refractivity contribution is -0.141. The molecular weight excluding hydrogens is 313 g/mol. The normalized spacial score (nSPS) is 12.1. The van der Waals surface area contributed by atoms with Gasteiger partial charge in [-0.3, -0.25) is 9.18 Å². The van der Waals surface area contributed by atoms with Gasteiger partial charge in [0, 0.05) is 6.20 Å². The molecule has 1 N–H and O–H groups in total. The van der Waals surface area contributed by atoms with Crippen molar-refractivity contribution in [3.8, 4) is 5.75 Å². The zero-order chi connectivity index (χ0) is 17.4. The maximum atomic E-state index is 12.1. The summed E-state index contributed by atoms with van der Waals surface area (Å²) < 4.78 is 19.4. The maximum absolute atomic E-state index is 12.1. The highest BCUT2D eigenvalue weighted by Gasteiger charge is 2.11. The van der Waals surface area contributed by atoms with E-state index in [9.17, 15) is 9.18 Å². The van der Waals surface area contributed by atoms with E-state index in [0.717, 1.165) is 17.0 Å². The molecule has 130 valence electrons. The first-order chi connectivity index (χ1) is 11.6. The summed E-state index contributed by atoms with van der Waals surface area (Å²) >= 11 is 0. The average molecular weight is 335 g/mol. The fraction of sp³-hybridized carbons (Fsp3) is 0.471. The van der Waals surface area contributed by atoms with Crippen LogP contribution in [0.1, 0.15) is 24.6 Å². The summed E-state index contributed by atoms with van der Waals surface area (Å²) in [5, 5.41) is 16.9. The van der Waals surface area contributed by atoms with E-state index < -0.39 is 11.9 Å². The molecule has 24 heavy (non-hydrogen) atoms. The second-order valence-corrected chi connectivity index (χ2v) is 5.70. The third kappa shape index (κ3) is 5.64. The Hall–Kier alpha value is -2.44. The first kappa shape index (κ1) is 17.9. The predicted molar refractivity (Wildman–Crippen MR) is 86.8 cm³/mol. The summed E-state index contributed by atoms with van der Waals surface area (Å²) in [7, 11) is 0. The Morgan fingerprint density at radius 1 is 1.38 bits per heavy atom. The number of aryl methyl sites for hydroxylation is 1. The SMILES string of the molecule is CC(Cc1ccc(OCCn2cc(CCCF)nn2)cc1)C(=O)O. The van der Waals surface area contributed by atoms with Crippen LogP contribution < -0.4 is 4.74 Å². The van der Waals surface area contributed by atoms with E-state index in [2.05, 4.69) is 10.3 Å². The van der Waals surface area contributed by atoms with Crippen LogP contribution in [-0.4, -0.2) is 39.4 Å². The molecule has 0 radical (unpaired) electrons. The van der Waals surface area contributed by atoms with Crippen LogP contribution in [0.4, 0.5) is 4.39 Å². The second-order valence-electron chi connectivity index (χ2n) is 5.70. The third-order valence-electron chi connectivity index (χ3n) is 3.63. The van der Waals surface area contributed by atoms with E-state index in [4.69, 9.17) is 9.84 Å². The number of carboxylic acid groups (broad SMARTS) is 1. The van der Waals surface area contributed by atoms with Gasteiger partial charge in [0.05, 0.1) is 24.8 Å². The summed E-state index contributed by atoms with van der Waals surface area (Å²) in [6.45, 7) is 2.33.